The molecule has 1 N–H and O–H groups in total. The molecule has 0 amide bonds. The molecule has 1 unspecified atom stereocenters. The van der Waals surface area contributed by atoms with Crippen LogP contribution < -0.4 is 17.3 Å². The van der Waals surface area contributed by atoms with E-state index >= 15 is 0 Å². The highest BCUT2D eigenvalue weighted by molar-refractivity contribution is 14.1. The highest BCUT2D eigenvalue weighted by Gasteiger charge is 2.36. The minimum atomic E-state index is -0.555. The Kier molecular flexibility index (Phi) is 8.73. The molecule has 0 saturated carbocycles. The smallest absolute Gasteiger partial charge is 0.342 e. The first-order chi connectivity index (χ1) is 9.37. The van der Waals surface area contributed by atoms with Gasteiger partial charge < -0.3 is 17.1 Å². The Morgan fingerprint density at radius 3 is 2.33 bits per heavy atom. The van der Waals surface area contributed by atoms with E-state index in [1.165, 1.54) is 23.1 Å². The summed E-state index contributed by atoms with van der Waals surface area (Å²) in [6.07, 6.45) is 0.730. The van der Waals surface area contributed by atoms with Crippen molar-refractivity contribution in [3.05, 3.63) is 33.1 Å². The predicted molar refractivity (Wildman–Crippen MR) is 85.3 cm³/mol. The molecule has 1 aromatic rings. The number of rotatable bonds is 6. The predicted octanol–water partition coefficient (Wildman–Crippen LogP) is -0.358. The number of quaternary nitrogens is 1. The van der Waals surface area contributed by atoms with Crippen molar-refractivity contribution in [2.75, 3.05) is 13.1 Å². The molecule has 3 nitrogen and oxygen atoms in total. The van der Waals surface area contributed by atoms with Crippen molar-refractivity contribution >= 4 is 28.6 Å². The van der Waals surface area contributed by atoms with Crippen LogP contribution in [0, 0.1) is 9.39 Å². The summed E-state index contributed by atoms with van der Waals surface area (Å²) < 4.78 is 19.4. The van der Waals surface area contributed by atoms with E-state index in [-0.39, 0.29) is 18.2 Å². The SMILES string of the molecule is CC[NH+](CC)C(C)(CC)OC(=O)c1ccc(F)c(I)c1.[Cl-]. The zero-order valence-electron chi connectivity index (χ0n) is 12.8. The van der Waals surface area contributed by atoms with Crippen molar-refractivity contribution in [1.82, 2.24) is 0 Å². The van der Waals surface area contributed by atoms with Gasteiger partial charge in [-0.1, -0.05) is 6.92 Å². The van der Waals surface area contributed by atoms with Crippen molar-refractivity contribution in [3.8, 4) is 0 Å². The second kappa shape index (κ2) is 8.90. The third kappa shape index (κ3) is 5.07. The molecular weight excluding hydrogens is 408 g/mol. The van der Waals surface area contributed by atoms with Crippen LogP contribution in [0.5, 0.6) is 0 Å². The second-order valence-electron chi connectivity index (χ2n) is 4.91. The van der Waals surface area contributed by atoms with E-state index < -0.39 is 11.7 Å². The Morgan fingerprint density at radius 1 is 1.33 bits per heavy atom. The molecule has 0 heterocycles. The summed E-state index contributed by atoms with van der Waals surface area (Å²) in [5.74, 6) is -0.721. The zero-order chi connectivity index (χ0) is 15.3. The molecule has 0 aromatic heterocycles. The maximum absolute atomic E-state index is 13.2. The highest BCUT2D eigenvalue weighted by atomic mass is 127. The van der Waals surface area contributed by atoms with Gasteiger partial charge in [-0.2, -0.15) is 0 Å². The molecule has 6 heteroatoms. The lowest BCUT2D eigenvalue weighted by Gasteiger charge is -2.35. The van der Waals surface area contributed by atoms with Crippen LogP contribution in [-0.4, -0.2) is 24.8 Å². The molecule has 1 aromatic carbocycles. The standard InChI is InChI=1S/C15H21FINO2.ClH/c1-5-15(4,18(6-2)7-3)20-14(19)11-8-9-12(16)13(17)10-11;/h8-10H,5-7H2,1-4H3;1H. The van der Waals surface area contributed by atoms with Gasteiger partial charge in [0.2, 0.25) is 5.72 Å². The average molecular weight is 430 g/mol. The number of benzene rings is 1. The molecule has 0 radical (unpaired) electrons. The Hall–Kier alpha value is -0.400. The monoisotopic (exact) mass is 429 g/mol. The van der Waals surface area contributed by atoms with Crippen LogP contribution in [0.4, 0.5) is 4.39 Å². The Bertz CT molecular complexity index is 483. The molecule has 0 fully saturated rings. The lowest BCUT2D eigenvalue weighted by atomic mass is 10.1. The Balaban J connectivity index is 0.00000400. The number of carbonyl (C=O) groups excluding carboxylic acids is 1. The number of carbonyl (C=O) groups is 1. The van der Waals surface area contributed by atoms with Gasteiger partial charge in [0.05, 0.1) is 18.7 Å². The van der Waals surface area contributed by atoms with Crippen LogP contribution in [0.2, 0.25) is 0 Å². The summed E-state index contributed by atoms with van der Waals surface area (Å²) in [4.78, 5) is 13.5. The minimum Gasteiger partial charge on any atom is -1.00 e. The van der Waals surface area contributed by atoms with Gasteiger partial charge in [-0.3, -0.25) is 4.90 Å². The molecule has 0 saturated heterocycles. The molecule has 1 rings (SSSR count). The van der Waals surface area contributed by atoms with Gasteiger partial charge in [0.1, 0.15) is 5.82 Å². The molecule has 1 atom stereocenters. The molecule has 0 aliphatic rings. The summed E-state index contributed by atoms with van der Waals surface area (Å²) in [7, 11) is 0. The van der Waals surface area contributed by atoms with E-state index in [4.69, 9.17) is 4.74 Å². The number of esters is 1. The zero-order valence-corrected chi connectivity index (χ0v) is 15.7. The van der Waals surface area contributed by atoms with Gasteiger partial charge in [-0.05, 0) is 54.6 Å². The molecular formula is C15H22ClFINO2. The highest BCUT2D eigenvalue weighted by Crippen LogP contribution is 2.16. The first-order valence-corrected chi connectivity index (χ1v) is 7.99. The fourth-order valence-electron chi connectivity index (χ4n) is 2.28. The van der Waals surface area contributed by atoms with E-state index in [2.05, 4.69) is 13.8 Å². The number of hydrogen-bond acceptors (Lipinski definition) is 2. The largest absolute Gasteiger partial charge is 1.00 e. The van der Waals surface area contributed by atoms with Gasteiger partial charge in [-0.15, -0.1) is 0 Å². The lowest BCUT2D eigenvalue weighted by molar-refractivity contribution is -0.971. The van der Waals surface area contributed by atoms with Crippen molar-refractivity contribution in [2.24, 2.45) is 0 Å². The number of hydrogen-bond donors (Lipinski definition) is 1. The molecule has 21 heavy (non-hydrogen) atoms. The topological polar surface area (TPSA) is 30.7 Å². The molecule has 0 aliphatic carbocycles. The maximum atomic E-state index is 13.2. The van der Waals surface area contributed by atoms with Gasteiger partial charge >= 0.3 is 5.97 Å². The van der Waals surface area contributed by atoms with Crippen LogP contribution in [0.1, 0.15) is 44.5 Å². The summed E-state index contributed by atoms with van der Waals surface area (Å²) in [6.45, 7) is 9.86. The van der Waals surface area contributed by atoms with Crippen LogP contribution in [0.15, 0.2) is 18.2 Å². The number of halogens is 3. The fourth-order valence-corrected chi connectivity index (χ4v) is 2.79. The van der Waals surface area contributed by atoms with E-state index in [1.54, 1.807) is 0 Å². The first-order valence-electron chi connectivity index (χ1n) is 6.91. The molecule has 0 spiro atoms. The summed E-state index contributed by atoms with van der Waals surface area (Å²) in [6, 6.07) is 4.28. The minimum absolute atomic E-state index is 0. The fraction of sp³-hybridized carbons (Fsp3) is 0.533. The quantitative estimate of drug-likeness (QED) is 0.380. The third-order valence-electron chi connectivity index (χ3n) is 3.75. The average Bonchev–Trinajstić information content (AvgIpc) is 2.43. The number of nitrogens with one attached hydrogen (secondary N) is 1. The Labute approximate surface area is 145 Å². The van der Waals surface area contributed by atoms with E-state index in [0.717, 1.165) is 19.5 Å². The van der Waals surface area contributed by atoms with Gasteiger partial charge in [0, 0.05) is 16.9 Å². The molecule has 0 aliphatic heterocycles. The second-order valence-corrected chi connectivity index (χ2v) is 6.08. The third-order valence-corrected chi connectivity index (χ3v) is 4.58. The Morgan fingerprint density at radius 2 is 1.90 bits per heavy atom. The van der Waals surface area contributed by atoms with Crippen molar-refractivity contribution in [2.45, 2.75) is 39.8 Å². The lowest BCUT2D eigenvalue weighted by Crippen LogP contribution is -3.19. The summed E-state index contributed by atoms with van der Waals surface area (Å²) in [5, 5.41) is 0. The van der Waals surface area contributed by atoms with E-state index in [9.17, 15) is 9.18 Å². The first kappa shape index (κ1) is 20.6. The summed E-state index contributed by atoms with van der Waals surface area (Å²) in [5.41, 5.74) is -0.164. The van der Waals surface area contributed by atoms with E-state index in [0.29, 0.717) is 9.13 Å². The van der Waals surface area contributed by atoms with Crippen molar-refractivity contribution < 1.29 is 31.2 Å². The molecule has 0 bridgehead atoms. The van der Waals surface area contributed by atoms with E-state index in [1.807, 2.05) is 36.4 Å². The normalized spacial score (nSPS) is 13.5. The van der Waals surface area contributed by atoms with Gasteiger partial charge in [0.15, 0.2) is 0 Å². The van der Waals surface area contributed by atoms with Gasteiger partial charge in [0.25, 0.3) is 0 Å². The van der Waals surface area contributed by atoms with Crippen LogP contribution in [-0.2, 0) is 4.74 Å². The van der Waals surface area contributed by atoms with Crippen LogP contribution >= 0.6 is 22.6 Å². The molecule has 120 valence electrons. The van der Waals surface area contributed by atoms with Crippen molar-refractivity contribution in [1.29, 1.82) is 0 Å². The van der Waals surface area contributed by atoms with Crippen molar-refractivity contribution in [3.63, 3.8) is 0 Å². The maximum Gasteiger partial charge on any atom is 0.342 e. The van der Waals surface area contributed by atoms with Crippen LogP contribution in [0.3, 0.4) is 0 Å². The number of ether oxygens (including phenoxy) is 1. The summed E-state index contributed by atoms with van der Waals surface area (Å²) >= 11 is 1.87. The van der Waals surface area contributed by atoms with Crippen LogP contribution in [0.25, 0.3) is 0 Å². The van der Waals surface area contributed by atoms with Gasteiger partial charge in [-0.25, -0.2) is 9.18 Å².